The highest BCUT2D eigenvalue weighted by Crippen LogP contribution is 2.27. The fourth-order valence-corrected chi connectivity index (χ4v) is 2.87. The van der Waals surface area contributed by atoms with Crippen LogP contribution in [-0.2, 0) is 14.3 Å². The molecule has 2 rings (SSSR count). The molecule has 0 radical (unpaired) electrons. The summed E-state index contributed by atoms with van der Waals surface area (Å²) in [5.74, 6) is -2.20. The van der Waals surface area contributed by atoms with Crippen molar-refractivity contribution in [3.8, 4) is 0 Å². The van der Waals surface area contributed by atoms with Crippen molar-refractivity contribution >= 4 is 5.97 Å². The van der Waals surface area contributed by atoms with E-state index in [2.05, 4.69) is 15.0 Å². The zero-order chi connectivity index (χ0) is 15.7. The molecule has 0 aromatic heterocycles. The molecule has 21 heavy (non-hydrogen) atoms. The number of rotatable bonds is 2. The van der Waals surface area contributed by atoms with Gasteiger partial charge in [-0.25, -0.2) is 4.79 Å². The largest absolute Gasteiger partial charge is 0.491 e. The van der Waals surface area contributed by atoms with Gasteiger partial charge in [-0.3, -0.25) is 4.90 Å². The molecule has 2 heterocycles. The Morgan fingerprint density at radius 2 is 1.95 bits per heavy atom. The summed E-state index contributed by atoms with van der Waals surface area (Å²) >= 11 is 0. The van der Waals surface area contributed by atoms with E-state index in [0.717, 1.165) is 25.9 Å². The Morgan fingerprint density at radius 3 is 2.52 bits per heavy atom. The van der Waals surface area contributed by atoms with Crippen LogP contribution < -0.4 is 5.32 Å². The molecule has 2 saturated heterocycles. The second-order valence-corrected chi connectivity index (χ2v) is 6.12. The van der Waals surface area contributed by atoms with E-state index in [9.17, 15) is 18.0 Å². The molecule has 0 aliphatic carbocycles. The van der Waals surface area contributed by atoms with Gasteiger partial charge >= 0.3 is 12.1 Å². The third kappa shape index (κ3) is 4.55. The van der Waals surface area contributed by atoms with Gasteiger partial charge in [0.1, 0.15) is 0 Å². The molecular formula is C13H21F3N2O3. The number of nitrogens with zero attached hydrogens (tertiary/aromatic N) is 1. The van der Waals surface area contributed by atoms with E-state index in [1.54, 1.807) is 13.8 Å². The van der Waals surface area contributed by atoms with Gasteiger partial charge in [0.05, 0.1) is 12.1 Å². The van der Waals surface area contributed by atoms with Crippen LogP contribution >= 0.6 is 0 Å². The number of nitrogens with one attached hydrogen (secondary N) is 1. The van der Waals surface area contributed by atoms with Crippen LogP contribution in [-0.4, -0.2) is 61.2 Å². The average molecular weight is 310 g/mol. The molecule has 2 aliphatic rings. The number of hydrogen-bond donors (Lipinski definition) is 1. The Kier molecular flexibility index (Phi) is 4.79. The first-order valence-electron chi connectivity index (χ1n) is 7.08. The summed E-state index contributed by atoms with van der Waals surface area (Å²) in [4.78, 5) is 13.0. The van der Waals surface area contributed by atoms with Crippen LogP contribution in [0.5, 0.6) is 0 Å². The Hall–Kier alpha value is -0.860. The van der Waals surface area contributed by atoms with E-state index in [0.29, 0.717) is 6.54 Å². The number of piperidine rings is 1. The first kappa shape index (κ1) is 16.5. The summed E-state index contributed by atoms with van der Waals surface area (Å²) in [7, 11) is 0. The van der Waals surface area contributed by atoms with Gasteiger partial charge in [-0.05, 0) is 39.8 Å². The van der Waals surface area contributed by atoms with Crippen molar-refractivity contribution < 1.29 is 27.4 Å². The standard InChI is InChI=1S/C13H21F3N2O3/c1-12(2)8-18(9-3-5-17-6-4-9)7-10(21-12)20-11(19)13(14,15)16/h9-10,17H,3-8H2,1-2H3. The van der Waals surface area contributed by atoms with Crippen molar-refractivity contribution in [3.05, 3.63) is 0 Å². The first-order valence-corrected chi connectivity index (χ1v) is 7.08. The van der Waals surface area contributed by atoms with E-state index >= 15 is 0 Å². The molecule has 0 spiro atoms. The normalized spacial score (nSPS) is 28.3. The second kappa shape index (κ2) is 6.10. The lowest BCUT2D eigenvalue weighted by atomic mass is 10.00. The zero-order valence-corrected chi connectivity index (χ0v) is 12.2. The van der Waals surface area contributed by atoms with Crippen LogP contribution in [0.2, 0.25) is 0 Å². The molecule has 0 bridgehead atoms. The minimum absolute atomic E-state index is 0.177. The topological polar surface area (TPSA) is 50.8 Å². The summed E-state index contributed by atoms with van der Waals surface area (Å²) in [5.41, 5.74) is -0.653. The fourth-order valence-electron chi connectivity index (χ4n) is 2.87. The van der Waals surface area contributed by atoms with Crippen molar-refractivity contribution in [3.63, 3.8) is 0 Å². The average Bonchev–Trinajstić information content (AvgIpc) is 2.36. The van der Waals surface area contributed by atoms with Crippen LogP contribution in [0.1, 0.15) is 26.7 Å². The summed E-state index contributed by atoms with van der Waals surface area (Å²) in [5, 5.41) is 3.25. The van der Waals surface area contributed by atoms with Gasteiger partial charge in [0.15, 0.2) is 0 Å². The molecule has 0 amide bonds. The van der Waals surface area contributed by atoms with Gasteiger partial charge in [-0.15, -0.1) is 0 Å². The van der Waals surface area contributed by atoms with Gasteiger partial charge in [0.25, 0.3) is 0 Å². The van der Waals surface area contributed by atoms with Crippen LogP contribution in [0.25, 0.3) is 0 Å². The van der Waals surface area contributed by atoms with Crippen molar-refractivity contribution in [1.82, 2.24) is 10.2 Å². The highest BCUT2D eigenvalue weighted by atomic mass is 19.4. The van der Waals surface area contributed by atoms with Gasteiger partial charge in [-0.2, -0.15) is 13.2 Å². The van der Waals surface area contributed by atoms with E-state index < -0.39 is 24.0 Å². The highest BCUT2D eigenvalue weighted by molar-refractivity contribution is 5.75. The van der Waals surface area contributed by atoms with Crippen LogP contribution in [0.3, 0.4) is 0 Å². The molecule has 0 aromatic carbocycles. The quantitative estimate of drug-likeness (QED) is 0.779. The minimum atomic E-state index is -5.00. The molecule has 2 aliphatic heterocycles. The number of morpholine rings is 1. The van der Waals surface area contributed by atoms with Gasteiger partial charge < -0.3 is 14.8 Å². The van der Waals surface area contributed by atoms with Gasteiger partial charge in [-0.1, -0.05) is 0 Å². The third-order valence-corrected chi connectivity index (χ3v) is 3.71. The SMILES string of the molecule is CC1(C)CN(C2CCNCC2)CC(OC(=O)C(F)(F)F)O1. The smallest absolute Gasteiger partial charge is 0.428 e. The van der Waals surface area contributed by atoms with E-state index in [4.69, 9.17) is 4.74 Å². The molecule has 122 valence electrons. The predicted molar refractivity (Wildman–Crippen MR) is 68.6 cm³/mol. The van der Waals surface area contributed by atoms with Crippen molar-refractivity contribution in [1.29, 1.82) is 0 Å². The number of esters is 1. The van der Waals surface area contributed by atoms with Crippen molar-refractivity contribution in [2.45, 2.75) is 50.8 Å². The van der Waals surface area contributed by atoms with Gasteiger partial charge in [0.2, 0.25) is 6.29 Å². The van der Waals surface area contributed by atoms with Crippen LogP contribution in [0.15, 0.2) is 0 Å². The number of ether oxygens (including phenoxy) is 2. The molecule has 1 atom stereocenters. The number of hydrogen-bond acceptors (Lipinski definition) is 5. The molecule has 8 heteroatoms. The Balaban J connectivity index is 2.00. The molecule has 2 fully saturated rings. The first-order chi connectivity index (χ1) is 9.67. The monoisotopic (exact) mass is 310 g/mol. The van der Waals surface area contributed by atoms with E-state index in [1.165, 1.54) is 0 Å². The maximum Gasteiger partial charge on any atom is 0.491 e. The molecule has 5 nitrogen and oxygen atoms in total. The molecule has 1 unspecified atom stereocenters. The number of alkyl halides is 3. The van der Waals surface area contributed by atoms with Crippen LogP contribution in [0.4, 0.5) is 13.2 Å². The lowest BCUT2D eigenvalue weighted by Crippen LogP contribution is -2.58. The number of carbonyl (C=O) groups excluding carboxylic acids is 1. The fraction of sp³-hybridized carbons (Fsp3) is 0.923. The lowest BCUT2D eigenvalue weighted by Gasteiger charge is -2.46. The molecule has 1 N–H and O–H groups in total. The van der Waals surface area contributed by atoms with Crippen molar-refractivity contribution in [2.24, 2.45) is 0 Å². The third-order valence-electron chi connectivity index (χ3n) is 3.71. The number of halogens is 3. The van der Waals surface area contributed by atoms with Gasteiger partial charge in [0, 0.05) is 12.6 Å². The molecule has 0 saturated carbocycles. The molecule has 0 aromatic rings. The molecular weight excluding hydrogens is 289 g/mol. The van der Waals surface area contributed by atoms with E-state index in [-0.39, 0.29) is 12.6 Å². The summed E-state index contributed by atoms with van der Waals surface area (Å²) in [6, 6.07) is 0.279. The summed E-state index contributed by atoms with van der Waals surface area (Å²) in [6.45, 7) is 6.13. The van der Waals surface area contributed by atoms with E-state index in [1.807, 2.05) is 0 Å². The Morgan fingerprint density at radius 1 is 1.33 bits per heavy atom. The lowest BCUT2D eigenvalue weighted by molar-refractivity contribution is -0.263. The van der Waals surface area contributed by atoms with Crippen LogP contribution in [0, 0.1) is 0 Å². The maximum atomic E-state index is 12.3. The zero-order valence-electron chi connectivity index (χ0n) is 12.2. The van der Waals surface area contributed by atoms with Crippen molar-refractivity contribution in [2.75, 3.05) is 26.2 Å². The summed E-state index contributed by atoms with van der Waals surface area (Å²) in [6.07, 6.45) is -4.32. The summed E-state index contributed by atoms with van der Waals surface area (Å²) < 4.78 is 46.8. The Labute approximate surface area is 121 Å². The Bertz CT molecular complexity index is 381. The maximum absolute atomic E-state index is 12.3. The predicted octanol–water partition coefficient (Wildman–Crippen LogP) is 1.28. The minimum Gasteiger partial charge on any atom is -0.428 e. The number of carbonyl (C=O) groups is 1. The second-order valence-electron chi connectivity index (χ2n) is 6.12. The highest BCUT2D eigenvalue weighted by Gasteiger charge is 2.45.